The van der Waals surface area contributed by atoms with Crippen LogP contribution in [0.3, 0.4) is 0 Å². The van der Waals surface area contributed by atoms with E-state index >= 15 is 0 Å². The lowest BCUT2D eigenvalue weighted by Gasteiger charge is -2.12. The minimum atomic E-state index is -3.72. The molecule has 0 aliphatic rings. The minimum absolute atomic E-state index is 0.241. The van der Waals surface area contributed by atoms with Gasteiger partial charge in [0, 0.05) is 22.3 Å². The number of hydrogen-bond donors (Lipinski definition) is 2. The maximum absolute atomic E-state index is 12.8. The lowest BCUT2D eigenvalue weighted by Crippen LogP contribution is -2.15. The number of benzene rings is 4. The molecule has 0 saturated carbocycles. The van der Waals surface area contributed by atoms with Gasteiger partial charge in [-0.2, -0.15) is 0 Å². The summed E-state index contributed by atoms with van der Waals surface area (Å²) in [7, 11) is -3.72. The fourth-order valence-electron chi connectivity index (χ4n) is 3.43. The van der Waals surface area contributed by atoms with E-state index in [0.29, 0.717) is 16.8 Å². The van der Waals surface area contributed by atoms with E-state index in [4.69, 9.17) is 0 Å². The number of amides is 1. The fraction of sp³-hybridized carbons (Fsp3) is 0.0800. The number of fused-ring (bicyclic) bond motifs is 1. The predicted octanol–water partition coefficient (Wildman–Crippen LogP) is 5.51. The maximum Gasteiger partial charge on any atom is 0.262 e. The molecule has 0 bridgehead atoms. The van der Waals surface area contributed by atoms with E-state index in [1.165, 1.54) is 0 Å². The average molecular weight is 431 g/mol. The molecular formula is C25H22N2O3S. The third-order valence-electron chi connectivity index (χ3n) is 5.07. The first-order valence-electron chi connectivity index (χ1n) is 9.83. The van der Waals surface area contributed by atoms with Gasteiger partial charge in [0.15, 0.2) is 0 Å². The van der Waals surface area contributed by atoms with Crippen LogP contribution in [-0.2, 0) is 10.0 Å². The van der Waals surface area contributed by atoms with Crippen LogP contribution < -0.4 is 10.0 Å². The molecule has 4 aromatic carbocycles. The molecule has 0 radical (unpaired) electrons. The summed E-state index contributed by atoms with van der Waals surface area (Å²) in [6.07, 6.45) is 0. The zero-order chi connectivity index (χ0) is 22.0. The van der Waals surface area contributed by atoms with Crippen LogP contribution in [0.25, 0.3) is 10.8 Å². The highest BCUT2D eigenvalue weighted by Gasteiger charge is 2.17. The van der Waals surface area contributed by atoms with Crippen LogP contribution in [0, 0.1) is 13.8 Å². The van der Waals surface area contributed by atoms with E-state index in [1.807, 2.05) is 55.5 Å². The van der Waals surface area contributed by atoms with Crippen LogP contribution in [0.4, 0.5) is 11.4 Å². The summed E-state index contributed by atoms with van der Waals surface area (Å²) >= 11 is 0. The van der Waals surface area contributed by atoms with Gasteiger partial charge in [0.1, 0.15) is 0 Å². The SMILES string of the molecule is Cc1ccc(C)c(S(=O)(=O)Nc2ccc(C(=O)Nc3cccc4ccccc34)cc2)c1. The lowest BCUT2D eigenvalue weighted by molar-refractivity contribution is 0.102. The number of hydrogen-bond acceptors (Lipinski definition) is 3. The van der Waals surface area contributed by atoms with Crippen molar-refractivity contribution >= 4 is 38.1 Å². The van der Waals surface area contributed by atoms with Crippen LogP contribution in [0.2, 0.25) is 0 Å². The van der Waals surface area contributed by atoms with Crippen LogP contribution in [-0.4, -0.2) is 14.3 Å². The van der Waals surface area contributed by atoms with Crippen LogP contribution in [0.15, 0.2) is 89.8 Å². The van der Waals surface area contributed by atoms with E-state index in [2.05, 4.69) is 10.0 Å². The van der Waals surface area contributed by atoms with Gasteiger partial charge in [-0.15, -0.1) is 0 Å². The molecule has 0 aliphatic carbocycles. The number of carbonyl (C=O) groups is 1. The molecule has 6 heteroatoms. The summed E-state index contributed by atoms with van der Waals surface area (Å²) in [5, 5.41) is 4.92. The molecule has 156 valence electrons. The van der Waals surface area contributed by atoms with Crippen LogP contribution in [0.5, 0.6) is 0 Å². The molecule has 0 aromatic heterocycles. The Kier molecular flexibility index (Phi) is 5.48. The molecule has 0 aliphatic heterocycles. The third kappa shape index (κ3) is 4.44. The maximum atomic E-state index is 12.8. The fourth-order valence-corrected chi connectivity index (χ4v) is 4.81. The van der Waals surface area contributed by atoms with Gasteiger partial charge in [0.25, 0.3) is 15.9 Å². The number of anilines is 2. The van der Waals surface area contributed by atoms with Gasteiger partial charge >= 0.3 is 0 Å². The second-order valence-corrected chi connectivity index (χ2v) is 9.08. The first-order chi connectivity index (χ1) is 14.8. The zero-order valence-electron chi connectivity index (χ0n) is 17.2. The van der Waals surface area contributed by atoms with E-state index in [9.17, 15) is 13.2 Å². The second-order valence-electron chi connectivity index (χ2n) is 7.43. The largest absolute Gasteiger partial charge is 0.321 e. The number of sulfonamides is 1. The van der Waals surface area contributed by atoms with Crippen molar-refractivity contribution < 1.29 is 13.2 Å². The molecular weight excluding hydrogens is 408 g/mol. The first-order valence-corrected chi connectivity index (χ1v) is 11.3. The molecule has 0 heterocycles. The number of carbonyl (C=O) groups excluding carboxylic acids is 1. The van der Waals surface area contributed by atoms with Crippen molar-refractivity contribution in [3.05, 3.63) is 102 Å². The number of rotatable bonds is 5. The summed E-state index contributed by atoms with van der Waals surface area (Å²) in [5.41, 5.74) is 3.09. The first kappa shape index (κ1) is 20.6. The smallest absolute Gasteiger partial charge is 0.262 e. The molecule has 0 fully saturated rings. The Morgan fingerprint density at radius 1 is 0.806 bits per heavy atom. The van der Waals surface area contributed by atoms with Gasteiger partial charge in [-0.1, -0.05) is 48.5 Å². The molecule has 0 unspecified atom stereocenters. The summed E-state index contributed by atoms with van der Waals surface area (Å²) in [5.74, 6) is -0.264. The summed E-state index contributed by atoms with van der Waals surface area (Å²) in [6, 6.07) is 25.2. The Morgan fingerprint density at radius 3 is 2.29 bits per heavy atom. The summed E-state index contributed by atoms with van der Waals surface area (Å²) < 4.78 is 28.1. The van der Waals surface area contributed by atoms with Crippen LogP contribution in [0.1, 0.15) is 21.5 Å². The Hall–Kier alpha value is -3.64. The van der Waals surface area contributed by atoms with Gasteiger partial charge in [-0.3, -0.25) is 9.52 Å². The minimum Gasteiger partial charge on any atom is -0.321 e. The zero-order valence-corrected chi connectivity index (χ0v) is 18.0. The van der Waals surface area contributed by atoms with Gasteiger partial charge < -0.3 is 5.32 Å². The van der Waals surface area contributed by atoms with Gasteiger partial charge in [-0.25, -0.2) is 8.42 Å². The topological polar surface area (TPSA) is 75.3 Å². The highest BCUT2D eigenvalue weighted by molar-refractivity contribution is 7.92. The summed E-state index contributed by atoms with van der Waals surface area (Å²) in [6.45, 7) is 3.61. The molecule has 2 N–H and O–H groups in total. The van der Waals surface area contributed by atoms with Crippen molar-refractivity contribution in [2.45, 2.75) is 18.7 Å². The lowest BCUT2D eigenvalue weighted by atomic mass is 10.1. The highest BCUT2D eigenvalue weighted by Crippen LogP contribution is 2.24. The van der Waals surface area contributed by atoms with Crippen molar-refractivity contribution in [2.24, 2.45) is 0 Å². The molecule has 0 saturated heterocycles. The Balaban J connectivity index is 1.52. The summed E-state index contributed by atoms with van der Waals surface area (Å²) in [4.78, 5) is 12.9. The molecule has 4 aromatic rings. The monoisotopic (exact) mass is 430 g/mol. The van der Waals surface area contributed by atoms with E-state index < -0.39 is 10.0 Å². The van der Waals surface area contributed by atoms with Crippen molar-refractivity contribution in [2.75, 3.05) is 10.0 Å². The molecule has 0 spiro atoms. The van der Waals surface area contributed by atoms with E-state index in [1.54, 1.807) is 43.3 Å². The van der Waals surface area contributed by atoms with Crippen molar-refractivity contribution in [1.82, 2.24) is 0 Å². The predicted molar refractivity (Wildman–Crippen MR) is 125 cm³/mol. The average Bonchev–Trinajstić information content (AvgIpc) is 2.76. The molecule has 0 atom stereocenters. The molecule has 1 amide bonds. The third-order valence-corrected chi connectivity index (χ3v) is 6.59. The standard InChI is InChI=1S/C25H22N2O3S/c1-17-10-11-18(2)24(16-17)31(29,30)27-21-14-12-20(13-15-21)25(28)26-23-9-5-7-19-6-3-4-8-22(19)23/h3-16,27H,1-2H3,(H,26,28). The van der Waals surface area contributed by atoms with Crippen molar-refractivity contribution in [3.63, 3.8) is 0 Å². The molecule has 31 heavy (non-hydrogen) atoms. The molecule has 4 rings (SSSR count). The van der Waals surface area contributed by atoms with Crippen molar-refractivity contribution in [3.8, 4) is 0 Å². The normalized spacial score (nSPS) is 11.3. The second kappa shape index (κ2) is 8.24. The van der Waals surface area contributed by atoms with Gasteiger partial charge in [0.2, 0.25) is 0 Å². The van der Waals surface area contributed by atoms with E-state index in [-0.39, 0.29) is 10.8 Å². The quantitative estimate of drug-likeness (QED) is 0.438. The van der Waals surface area contributed by atoms with E-state index in [0.717, 1.165) is 22.0 Å². The Labute approximate surface area is 181 Å². The highest BCUT2D eigenvalue weighted by atomic mass is 32.2. The van der Waals surface area contributed by atoms with Crippen molar-refractivity contribution in [1.29, 1.82) is 0 Å². The number of nitrogens with one attached hydrogen (secondary N) is 2. The Morgan fingerprint density at radius 2 is 1.52 bits per heavy atom. The molecule has 5 nitrogen and oxygen atoms in total. The number of aryl methyl sites for hydroxylation is 2. The Bertz CT molecular complexity index is 1370. The van der Waals surface area contributed by atoms with Gasteiger partial charge in [0.05, 0.1) is 4.90 Å². The van der Waals surface area contributed by atoms with Gasteiger partial charge in [-0.05, 0) is 66.8 Å². The van der Waals surface area contributed by atoms with Crippen LogP contribution >= 0.6 is 0 Å².